The molecule has 1 aromatic heterocycles. The largest absolute Gasteiger partial charge is 0.476 e. The highest BCUT2D eigenvalue weighted by Gasteiger charge is 2.48. The predicted octanol–water partition coefficient (Wildman–Crippen LogP) is -0.948. The van der Waals surface area contributed by atoms with Gasteiger partial charge in [0.1, 0.15) is 18.3 Å². The van der Waals surface area contributed by atoms with E-state index in [2.05, 4.69) is 22.0 Å². The summed E-state index contributed by atoms with van der Waals surface area (Å²) in [5.74, 6) is -2.82. The van der Waals surface area contributed by atoms with Crippen LogP contribution in [0.5, 0.6) is 0 Å². The number of carboxylic acids is 1. The molecule has 1 atom stereocenters. The van der Waals surface area contributed by atoms with Gasteiger partial charge in [0.05, 0.1) is 18.2 Å². The van der Waals surface area contributed by atoms with Crippen LogP contribution in [-0.4, -0.2) is 69.3 Å². The summed E-state index contributed by atoms with van der Waals surface area (Å²) < 4.78 is 0. The van der Waals surface area contributed by atoms with Gasteiger partial charge in [-0.15, -0.1) is 11.3 Å². The van der Waals surface area contributed by atoms with Crippen molar-refractivity contribution < 1.29 is 24.3 Å². The lowest BCUT2D eigenvalue weighted by Crippen LogP contribution is -2.46. The van der Waals surface area contributed by atoms with Crippen molar-refractivity contribution in [2.75, 3.05) is 25.4 Å². The summed E-state index contributed by atoms with van der Waals surface area (Å²) in [5.41, 5.74) is 5.12. The summed E-state index contributed by atoms with van der Waals surface area (Å²) in [6.45, 7) is 3.48. The Morgan fingerprint density at radius 2 is 2.38 bits per heavy atom. The summed E-state index contributed by atoms with van der Waals surface area (Å²) in [5, 5.41) is 28.7. The zero-order valence-corrected chi connectivity index (χ0v) is 15.7. The van der Waals surface area contributed by atoms with Gasteiger partial charge < -0.3 is 21.0 Å². The number of nitrogens with two attached hydrogens (primary N) is 1. The third kappa shape index (κ3) is 3.79. The highest BCUT2D eigenvalue weighted by Crippen LogP contribution is 2.29. The van der Waals surface area contributed by atoms with E-state index >= 15 is 0 Å². The van der Waals surface area contributed by atoms with Gasteiger partial charge in [0.25, 0.3) is 11.8 Å². The van der Waals surface area contributed by atoms with E-state index in [-0.39, 0.29) is 41.8 Å². The minimum atomic E-state index is -1.40. The molecule has 0 aliphatic carbocycles. The van der Waals surface area contributed by atoms with Crippen molar-refractivity contribution in [1.29, 1.82) is 5.26 Å². The molecular weight excluding hydrogens is 402 g/mol. The Bertz CT molecular complexity index is 992. The van der Waals surface area contributed by atoms with Crippen molar-refractivity contribution in [3.05, 3.63) is 35.0 Å². The second-order valence-corrected chi connectivity index (χ2v) is 6.75. The fraction of sp³-hybridized carbons (Fsp3) is 0.250. The maximum atomic E-state index is 12.7. The molecule has 4 N–H and O–H groups in total. The zero-order valence-electron chi connectivity index (χ0n) is 14.9. The molecule has 13 heteroatoms. The van der Waals surface area contributed by atoms with Crippen molar-refractivity contribution in [1.82, 2.24) is 20.3 Å². The molecule has 0 bridgehead atoms. The van der Waals surface area contributed by atoms with Crippen molar-refractivity contribution in [2.24, 2.45) is 5.16 Å². The maximum absolute atomic E-state index is 12.7. The molecule has 0 aromatic carbocycles. The minimum absolute atomic E-state index is 0.00741. The van der Waals surface area contributed by atoms with Gasteiger partial charge in [-0.05, 0) is 0 Å². The monoisotopic (exact) mass is 417 g/mol. The zero-order chi connectivity index (χ0) is 21.1. The molecule has 0 radical (unpaired) electrons. The molecule has 150 valence electrons. The smallest absolute Gasteiger partial charge is 0.355 e. The van der Waals surface area contributed by atoms with Gasteiger partial charge in [0.2, 0.25) is 0 Å². The second kappa shape index (κ2) is 8.09. The quantitative estimate of drug-likeness (QED) is 0.219. The first kappa shape index (κ1) is 20.0. The van der Waals surface area contributed by atoms with Crippen molar-refractivity contribution in [3.8, 4) is 6.07 Å². The van der Waals surface area contributed by atoms with Crippen LogP contribution in [0.4, 0.5) is 5.13 Å². The van der Waals surface area contributed by atoms with Gasteiger partial charge in [0.15, 0.2) is 16.5 Å². The van der Waals surface area contributed by atoms with Crippen molar-refractivity contribution in [3.63, 3.8) is 0 Å². The first-order chi connectivity index (χ1) is 13.9. The number of amides is 2. The topological polar surface area (TPSA) is 174 Å². The van der Waals surface area contributed by atoms with E-state index in [1.54, 1.807) is 6.07 Å². The van der Waals surface area contributed by atoms with Crippen LogP contribution in [-0.2, 0) is 19.2 Å². The lowest BCUT2D eigenvalue weighted by atomic mass is 10.2. The van der Waals surface area contributed by atoms with Gasteiger partial charge >= 0.3 is 5.97 Å². The Morgan fingerprint density at radius 3 is 2.97 bits per heavy atom. The lowest BCUT2D eigenvalue weighted by molar-refractivity contribution is -0.143. The number of fused-ring (bicyclic) bond motifs is 1. The molecule has 1 aromatic rings. The number of carbonyl (C=O) groups is 3. The molecule has 29 heavy (non-hydrogen) atoms. The van der Waals surface area contributed by atoms with Crippen LogP contribution in [0.15, 0.2) is 34.5 Å². The summed E-state index contributed by atoms with van der Waals surface area (Å²) in [7, 11) is 0. The van der Waals surface area contributed by atoms with E-state index in [0.717, 1.165) is 16.3 Å². The predicted molar refractivity (Wildman–Crippen MR) is 99.8 cm³/mol. The standard InChI is InChI=1S/C16H15N7O5S/c1-2-3-28-21-11(10-7-29-16(18)20-10)13(24)19-9-6-22-5-8(4-17)12(15(26)27)23(22)14(9)25/h2,7,9H,1,3,5-6H2,(H2,18,20)(H,19,24)(H,26,27)/b21-11-/t9-/m0/s1. The number of hydrogen-bond donors (Lipinski definition) is 3. The van der Waals surface area contributed by atoms with Gasteiger partial charge in [-0.3, -0.25) is 9.59 Å². The highest BCUT2D eigenvalue weighted by atomic mass is 32.1. The van der Waals surface area contributed by atoms with Crippen LogP contribution in [0.1, 0.15) is 5.69 Å². The number of nitriles is 1. The number of hydrogen-bond acceptors (Lipinski definition) is 10. The molecule has 0 saturated carbocycles. The van der Waals surface area contributed by atoms with E-state index in [0.29, 0.717) is 0 Å². The number of aromatic nitrogens is 1. The third-order valence-corrected chi connectivity index (χ3v) is 4.67. The average molecular weight is 417 g/mol. The number of nitrogen functional groups attached to an aromatic ring is 1. The first-order valence-corrected chi connectivity index (χ1v) is 9.03. The Labute approximate surface area is 168 Å². The van der Waals surface area contributed by atoms with Gasteiger partial charge in [-0.2, -0.15) is 5.26 Å². The number of thiazole rings is 1. The van der Waals surface area contributed by atoms with Crippen LogP contribution in [0, 0.1) is 11.3 Å². The Kier molecular flexibility index (Phi) is 5.57. The summed E-state index contributed by atoms with van der Waals surface area (Å²) in [6.07, 6.45) is 1.43. The number of aliphatic carboxylic acids is 1. The number of carboxylic acid groups (broad SMARTS) is 1. The van der Waals surface area contributed by atoms with Crippen LogP contribution in [0.25, 0.3) is 0 Å². The third-order valence-electron chi connectivity index (χ3n) is 3.99. The number of hydrazine groups is 1. The molecule has 12 nitrogen and oxygen atoms in total. The average Bonchev–Trinajstić information content (AvgIpc) is 3.34. The minimum Gasteiger partial charge on any atom is -0.476 e. The molecule has 0 unspecified atom stereocenters. The number of anilines is 1. The number of nitrogens with zero attached hydrogens (tertiary/aromatic N) is 5. The second-order valence-electron chi connectivity index (χ2n) is 5.86. The number of oxime groups is 1. The van der Waals surface area contributed by atoms with Crippen molar-refractivity contribution >= 4 is 40.0 Å². The van der Waals surface area contributed by atoms with Gasteiger partial charge in [0, 0.05) is 11.9 Å². The molecule has 1 fully saturated rings. The first-order valence-electron chi connectivity index (χ1n) is 8.15. The molecule has 2 aliphatic heterocycles. The SMILES string of the molecule is C=CCO/N=C(\C(=O)N[C@H]1CN2CC(C#N)=C(C(=O)O)N2C1=O)c1csc(N)n1. The van der Waals surface area contributed by atoms with E-state index in [1.165, 1.54) is 16.5 Å². The number of rotatable bonds is 7. The number of carbonyl (C=O) groups excluding carboxylic acids is 2. The van der Waals surface area contributed by atoms with E-state index < -0.39 is 29.5 Å². The normalized spacial score (nSPS) is 19.1. The van der Waals surface area contributed by atoms with Crippen LogP contribution >= 0.6 is 11.3 Å². The van der Waals surface area contributed by atoms with Gasteiger partial charge in [-0.25, -0.2) is 19.8 Å². The summed E-state index contributed by atoms with van der Waals surface area (Å²) in [4.78, 5) is 45.8. The molecule has 0 spiro atoms. The van der Waals surface area contributed by atoms with Crippen LogP contribution in [0.2, 0.25) is 0 Å². The maximum Gasteiger partial charge on any atom is 0.355 e. The molecule has 2 amide bonds. The fourth-order valence-corrected chi connectivity index (χ4v) is 3.37. The fourth-order valence-electron chi connectivity index (χ4n) is 2.83. The van der Waals surface area contributed by atoms with E-state index in [9.17, 15) is 19.5 Å². The van der Waals surface area contributed by atoms with E-state index in [4.69, 9.17) is 15.8 Å². The van der Waals surface area contributed by atoms with Crippen LogP contribution in [0.3, 0.4) is 0 Å². The Balaban J connectivity index is 1.80. The lowest BCUT2D eigenvalue weighted by Gasteiger charge is -2.18. The molecule has 2 aliphatic rings. The summed E-state index contributed by atoms with van der Waals surface area (Å²) >= 11 is 1.10. The Morgan fingerprint density at radius 1 is 1.62 bits per heavy atom. The molecule has 1 saturated heterocycles. The highest BCUT2D eigenvalue weighted by molar-refractivity contribution is 7.13. The molecule has 3 rings (SSSR count). The molecule has 3 heterocycles. The van der Waals surface area contributed by atoms with E-state index in [1.807, 2.05) is 0 Å². The number of nitrogens with one attached hydrogen (secondary N) is 1. The van der Waals surface area contributed by atoms with Crippen molar-refractivity contribution in [2.45, 2.75) is 6.04 Å². The molecular formula is C16H15N7O5S. The van der Waals surface area contributed by atoms with Gasteiger partial charge in [-0.1, -0.05) is 17.8 Å². The van der Waals surface area contributed by atoms with Crippen LogP contribution < -0.4 is 11.1 Å². The summed E-state index contributed by atoms with van der Waals surface area (Å²) in [6, 6.07) is 0.740. The Hall–Kier alpha value is -3.76.